The Morgan fingerprint density at radius 1 is 1.00 bits per heavy atom. The molecule has 0 bridgehead atoms. The average molecular weight is 448 g/mol. The summed E-state index contributed by atoms with van der Waals surface area (Å²) < 4.78 is 5.84. The first-order valence-electron chi connectivity index (χ1n) is 11.2. The maximum atomic E-state index is 13.3. The zero-order valence-corrected chi connectivity index (χ0v) is 19.2. The number of aliphatic hydroxyl groups is 1. The molecule has 0 radical (unpaired) electrons. The van der Waals surface area contributed by atoms with Gasteiger partial charge in [0, 0.05) is 18.3 Å². The van der Waals surface area contributed by atoms with E-state index < -0.39 is 18.1 Å². The highest BCUT2D eigenvalue weighted by molar-refractivity contribution is 5.84. The van der Waals surface area contributed by atoms with Crippen LogP contribution in [-0.4, -0.2) is 34.6 Å². The predicted molar refractivity (Wildman–Crippen MR) is 130 cm³/mol. The number of aromatic nitrogens is 1. The highest BCUT2D eigenvalue weighted by Gasteiger charge is 2.34. The Morgan fingerprint density at radius 3 is 2.27 bits per heavy atom. The first-order chi connectivity index (χ1) is 15.9. The number of carbonyl (C=O) groups excluding carboxylic acids is 1. The van der Waals surface area contributed by atoms with Gasteiger partial charge in [-0.05, 0) is 49.4 Å². The Kier molecular flexibility index (Phi) is 8.72. The van der Waals surface area contributed by atoms with E-state index in [0.717, 1.165) is 16.7 Å². The topological polar surface area (TPSA) is 111 Å². The SMILES string of the molecule is Cc1ccnc(C)c1OCC(=O)[C@@H](C(N)c1ccccc1)[C@@H](O)C[C@@H](N)Cc1ccccc1. The van der Waals surface area contributed by atoms with Crippen LogP contribution in [0.5, 0.6) is 5.75 Å². The third-order valence-electron chi connectivity index (χ3n) is 5.88. The van der Waals surface area contributed by atoms with Crippen molar-refractivity contribution < 1.29 is 14.6 Å². The Labute approximate surface area is 195 Å². The van der Waals surface area contributed by atoms with E-state index in [1.807, 2.05) is 80.6 Å². The lowest BCUT2D eigenvalue weighted by Gasteiger charge is -2.29. The molecule has 0 aliphatic rings. The second-order valence-corrected chi connectivity index (χ2v) is 8.51. The summed E-state index contributed by atoms with van der Waals surface area (Å²) in [4.78, 5) is 17.5. The quantitative estimate of drug-likeness (QED) is 0.416. The van der Waals surface area contributed by atoms with Crippen LogP contribution < -0.4 is 16.2 Å². The van der Waals surface area contributed by atoms with Gasteiger partial charge in [0.15, 0.2) is 5.78 Å². The summed E-state index contributed by atoms with van der Waals surface area (Å²) in [7, 11) is 0. The number of carbonyl (C=O) groups is 1. The normalized spacial score (nSPS) is 14.8. The van der Waals surface area contributed by atoms with Crippen molar-refractivity contribution in [3.8, 4) is 5.75 Å². The van der Waals surface area contributed by atoms with Crippen LogP contribution in [0.3, 0.4) is 0 Å². The highest BCUT2D eigenvalue weighted by Crippen LogP contribution is 2.27. The third-order valence-corrected chi connectivity index (χ3v) is 5.88. The van der Waals surface area contributed by atoms with Crippen molar-refractivity contribution in [1.29, 1.82) is 0 Å². The Bertz CT molecular complexity index is 1010. The molecule has 0 saturated carbocycles. The van der Waals surface area contributed by atoms with E-state index in [1.165, 1.54) is 0 Å². The number of ketones is 1. The number of benzene rings is 2. The molecular weight excluding hydrogens is 414 g/mol. The molecular formula is C27H33N3O3. The van der Waals surface area contributed by atoms with Gasteiger partial charge in [-0.25, -0.2) is 0 Å². The molecule has 33 heavy (non-hydrogen) atoms. The molecule has 0 amide bonds. The molecule has 0 aliphatic heterocycles. The number of aliphatic hydroxyl groups excluding tert-OH is 1. The van der Waals surface area contributed by atoms with Crippen molar-refractivity contribution in [3.63, 3.8) is 0 Å². The van der Waals surface area contributed by atoms with Crippen molar-refractivity contribution in [2.75, 3.05) is 6.61 Å². The van der Waals surface area contributed by atoms with E-state index in [0.29, 0.717) is 17.9 Å². The van der Waals surface area contributed by atoms with Gasteiger partial charge in [0.05, 0.1) is 17.7 Å². The molecule has 1 heterocycles. The van der Waals surface area contributed by atoms with Crippen molar-refractivity contribution >= 4 is 5.78 Å². The van der Waals surface area contributed by atoms with E-state index >= 15 is 0 Å². The second kappa shape index (κ2) is 11.7. The molecule has 0 saturated heterocycles. The highest BCUT2D eigenvalue weighted by atomic mass is 16.5. The Hall–Kier alpha value is -3.06. The number of nitrogens with zero attached hydrogens (tertiary/aromatic N) is 1. The van der Waals surface area contributed by atoms with Crippen molar-refractivity contribution in [3.05, 3.63) is 95.3 Å². The first-order valence-corrected chi connectivity index (χ1v) is 11.2. The molecule has 3 rings (SSSR count). The standard InChI is InChI=1S/C27H33N3O3/c1-18-13-14-30-19(2)27(18)33-17-24(32)25(26(29)21-11-7-4-8-12-21)23(31)16-22(28)15-20-9-5-3-6-10-20/h3-14,22-23,25-26,31H,15-17,28-29H2,1-2H3/t22-,23-,25-,26?/m0/s1. The summed E-state index contributed by atoms with van der Waals surface area (Å²) in [5.74, 6) is -0.548. The minimum Gasteiger partial charge on any atom is -0.484 e. The maximum Gasteiger partial charge on any atom is 0.177 e. The van der Waals surface area contributed by atoms with E-state index in [9.17, 15) is 9.90 Å². The summed E-state index contributed by atoms with van der Waals surface area (Å²) in [5.41, 5.74) is 16.3. The molecule has 0 spiro atoms. The predicted octanol–water partition coefficient (Wildman–Crippen LogP) is 3.28. The zero-order chi connectivity index (χ0) is 23.8. The molecule has 5 N–H and O–H groups in total. The smallest absolute Gasteiger partial charge is 0.177 e. The number of hydrogen-bond donors (Lipinski definition) is 3. The summed E-state index contributed by atoms with van der Waals surface area (Å²) in [6, 6.07) is 20.0. The van der Waals surface area contributed by atoms with E-state index in [2.05, 4.69) is 4.98 Å². The molecule has 6 heteroatoms. The molecule has 4 atom stereocenters. The minimum atomic E-state index is -1.01. The van der Waals surface area contributed by atoms with Crippen molar-refractivity contribution in [2.24, 2.45) is 17.4 Å². The number of rotatable bonds is 11. The second-order valence-electron chi connectivity index (χ2n) is 8.51. The van der Waals surface area contributed by atoms with Gasteiger partial charge in [0.25, 0.3) is 0 Å². The number of hydrogen-bond acceptors (Lipinski definition) is 6. The van der Waals surface area contributed by atoms with Gasteiger partial charge in [-0.3, -0.25) is 9.78 Å². The van der Waals surface area contributed by atoms with Gasteiger partial charge in [0.1, 0.15) is 12.4 Å². The summed E-state index contributed by atoms with van der Waals surface area (Å²) >= 11 is 0. The van der Waals surface area contributed by atoms with Crippen LogP contribution in [0.15, 0.2) is 72.9 Å². The molecule has 1 unspecified atom stereocenters. The molecule has 174 valence electrons. The average Bonchev–Trinajstić information content (AvgIpc) is 2.80. The zero-order valence-electron chi connectivity index (χ0n) is 19.2. The molecule has 0 fully saturated rings. The fourth-order valence-corrected chi connectivity index (χ4v) is 4.13. The minimum absolute atomic E-state index is 0.205. The fraction of sp³-hybridized carbons (Fsp3) is 0.333. The first kappa shape index (κ1) is 24.6. The monoisotopic (exact) mass is 447 g/mol. The van der Waals surface area contributed by atoms with Crippen LogP contribution in [0.25, 0.3) is 0 Å². The Balaban J connectivity index is 1.75. The summed E-state index contributed by atoms with van der Waals surface area (Å²) in [6.07, 6.45) is 1.54. The van der Waals surface area contributed by atoms with Gasteiger partial charge in [-0.15, -0.1) is 0 Å². The molecule has 1 aromatic heterocycles. The van der Waals surface area contributed by atoms with Crippen LogP contribution in [-0.2, 0) is 11.2 Å². The van der Waals surface area contributed by atoms with Crippen LogP contribution in [0.1, 0.15) is 34.8 Å². The number of ether oxygens (including phenoxy) is 1. The van der Waals surface area contributed by atoms with Gasteiger partial charge >= 0.3 is 0 Å². The van der Waals surface area contributed by atoms with Gasteiger partial charge in [0.2, 0.25) is 0 Å². The summed E-state index contributed by atoms with van der Waals surface area (Å²) in [6.45, 7) is 3.53. The fourth-order valence-electron chi connectivity index (χ4n) is 4.13. The molecule has 6 nitrogen and oxygen atoms in total. The van der Waals surface area contributed by atoms with Crippen molar-refractivity contribution in [2.45, 2.75) is 44.9 Å². The van der Waals surface area contributed by atoms with E-state index in [-0.39, 0.29) is 24.9 Å². The number of aryl methyl sites for hydroxylation is 2. The lowest BCUT2D eigenvalue weighted by atomic mass is 9.83. The summed E-state index contributed by atoms with van der Waals surface area (Å²) in [5, 5.41) is 11.1. The lowest BCUT2D eigenvalue weighted by Crippen LogP contribution is -2.43. The molecule has 3 aromatic rings. The molecule has 0 aliphatic carbocycles. The lowest BCUT2D eigenvalue weighted by molar-refractivity contribution is -0.129. The van der Waals surface area contributed by atoms with Gasteiger partial charge in [-0.2, -0.15) is 0 Å². The Morgan fingerprint density at radius 2 is 1.64 bits per heavy atom. The van der Waals surface area contributed by atoms with Crippen molar-refractivity contribution in [1.82, 2.24) is 4.98 Å². The van der Waals surface area contributed by atoms with E-state index in [4.69, 9.17) is 16.2 Å². The van der Waals surface area contributed by atoms with Crippen LogP contribution in [0.4, 0.5) is 0 Å². The van der Waals surface area contributed by atoms with E-state index in [1.54, 1.807) is 6.20 Å². The van der Waals surface area contributed by atoms with Crippen LogP contribution in [0.2, 0.25) is 0 Å². The van der Waals surface area contributed by atoms with Crippen LogP contribution >= 0.6 is 0 Å². The largest absolute Gasteiger partial charge is 0.484 e. The number of Topliss-reactive ketones (excluding diaryl/α,β-unsaturated/α-hetero) is 1. The maximum absolute atomic E-state index is 13.3. The molecule has 2 aromatic carbocycles. The van der Waals surface area contributed by atoms with Gasteiger partial charge < -0.3 is 21.3 Å². The van der Waals surface area contributed by atoms with Crippen LogP contribution in [0, 0.1) is 19.8 Å². The number of pyridine rings is 1. The van der Waals surface area contributed by atoms with Gasteiger partial charge in [-0.1, -0.05) is 60.7 Å². The number of nitrogens with two attached hydrogens (primary N) is 2. The third kappa shape index (κ3) is 6.71.